The Hall–Kier alpha value is 0.491. The van der Waals surface area contributed by atoms with Crippen molar-refractivity contribution in [2.75, 3.05) is 7.11 Å². The van der Waals surface area contributed by atoms with Gasteiger partial charge in [0.15, 0.2) is 0 Å². The molecule has 109 valence electrons. The molecule has 1 heterocycles. The molecule has 0 N–H and O–H groups in total. The number of fused-ring (bicyclic) bond motifs is 1. The highest BCUT2D eigenvalue weighted by atomic mass is 28.5. The van der Waals surface area contributed by atoms with Crippen LogP contribution < -0.4 is 0 Å². The van der Waals surface area contributed by atoms with Gasteiger partial charge >= 0.3 is 17.1 Å². The van der Waals surface area contributed by atoms with Gasteiger partial charge in [-0.15, -0.1) is 0 Å². The fourth-order valence-corrected chi connectivity index (χ4v) is 9.53. The minimum Gasteiger partial charge on any atom is -0.437 e. The Balaban J connectivity index is 1.80. The Labute approximate surface area is 122 Å². The third kappa shape index (κ3) is 4.48. The van der Waals surface area contributed by atoms with Crippen molar-refractivity contribution in [2.24, 2.45) is 5.92 Å². The lowest BCUT2D eigenvalue weighted by Gasteiger charge is -2.34. The first-order valence-corrected chi connectivity index (χ1v) is 12.9. The van der Waals surface area contributed by atoms with Crippen LogP contribution in [0.2, 0.25) is 25.7 Å². The first-order valence-electron chi connectivity index (χ1n) is 7.13. The maximum atomic E-state index is 6.21. The van der Waals surface area contributed by atoms with E-state index in [0.29, 0.717) is 12.2 Å². The van der Waals surface area contributed by atoms with Crippen molar-refractivity contribution in [1.82, 2.24) is 0 Å². The van der Waals surface area contributed by atoms with Gasteiger partial charge in [-0.1, -0.05) is 0 Å². The molecular formula is C12H25O4Si3. The first kappa shape index (κ1) is 15.9. The summed E-state index contributed by atoms with van der Waals surface area (Å²) in [5, 5.41) is 0. The molecule has 19 heavy (non-hydrogen) atoms. The molecule has 1 saturated heterocycles. The first-order chi connectivity index (χ1) is 8.87. The van der Waals surface area contributed by atoms with Gasteiger partial charge in [-0.3, -0.25) is 0 Å². The molecule has 2 aliphatic rings. The molecule has 1 saturated carbocycles. The zero-order valence-corrected chi connectivity index (χ0v) is 15.4. The number of rotatable bonds is 7. The van der Waals surface area contributed by atoms with Crippen LogP contribution in [0.5, 0.6) is 0 Å². The number of hydrogen-bond acceptors (Lipinski definition) is 4. The highest BCUT2D eigenvalue weighted by Gasteiger charge is 2.45. The van der Waals surface area contributed by atoms with Crippen LogP contribution in [0.4, 0.5) is 0 Å². The van der Waals surface area contributed by atoms with Crippen LogP contribution >= 0.6 is 0 Å². The second-order valence-corrected chi connectivity index (χ2v) is 14.0. The monoisotopic (exact) mass is 317 g/mol. The third-order valence-electron chi connectivity index (χ3n) is 4.26. The zero-order chi connectivity index (χ0) is 14.1. The summed E-state index contributed by atoms with van der Waals surface area (Å²) in [6, 6.07) is 1.04. The second-order valence-electron chi connectivity index (χ2n) is 6.37. The summed E-state index contributed by atoms with van der Waals surface area (Å²) in [4.78, 5) is 0. The summed E-state index contributed by atoms with van der Waals surface area (Å²) < 4.78 is 22.8. The van der Waals surface area contributed by atoms with Crippen molar-refractivity contribution in [3.05, 3.63) is 0 Å². The van der Waals surface area contributed by atoms with Crippen molar-refractivity contribution in [1.29, 1.82) is 0 Å². The lowest BCUT2D eigenvalue weighted by molar-refractivity contribution is 0.268. The number of hydrogen-bond donors (Lipinski definition) is 0. The Kier molecular flexibility index (Phi) is 5.08. The van der Waals surface area contributed by atoms with Crippen molar-refractivity contribution in [2.45, 2.75) is 63.6 Å². The molecular weight excluding hydrogens is 292 g/mol. The molecule has 2 rings (SSSR count). The van der Waals surface area contributed by atoms with E-state index in [1.165, 1.54) is 25.7 Å². The zero-order valence-electron chi connectivity index (χ0n) is 12.4. The van der Waals surface area contributed by atoms with Gasteiger partial charge in [0, 0.05) is 7.11 Å². The smallest absolute Gasteiger partial charge is 0.325 e. The molecule has 1 aliphatic carbocycles. The summed E-state index contributed by atoms with van der Waals surface area (Å²) in [6.07, 6.45) is 6.11. The highest BCUT2D eigenvalue weighted by molar-refractivity contribution is 6.80. The predicted octanol–water partition coefficient (Wildman–Crippen LogP) is 2.48. The van der Waals surface area contributed by atoms with Crippen LogP contribution in [-0.4, -0.2) is 46.9 Å². The largest absolute Gasteiger partial charge is 0.437 e. The van der Waals surface area contributed by atoms with Gasteiger partial charge in [0.1, 0.15) is 0 Å². The lowest BCUT2D eigenvalue weighted by atomic mass is 9.88. The molecule has 0 aromatic carbocycles. The predicted molar refractivity (Wildman–Crippen MR) is 79.5 cm³/mol. The van der Waals surface area contributed by atoms with Gasteiger partial charge in [-0.05, 0) is 57.3 Å². The van der Waals surface area contributed by atoms with E-state index in [4.69, 9.17) is 17.4 Å². The molecule has 7 heteroatoms. The molecule has 0 aromatic rings. The van der Waals surface area contributed by atoms with Gasteiger partial charge < -0.3 is 17.4 Å². The molecule has 3 radical (unpaired) electrons. The van der Waals surface area contributed by atoms with Gasteiger partial charge in [0.05, 0.1) is 12.2 Å². The molecule has 2 fully saturated rings. The average molecular weight is 318 g/mol. The van der Waals surface area contributed by atoms with E-state index in [0.717, 1.165) is 12.0 Å². The van der Waals surface area contributed by atoms with Gasteiger partial charge in [0.25, 0.3) is 0 Å². The van der Waals surface area contributed by atoms with Crippen LogP contribution in [0.15, 0.2) is 0 Å². The van der Waals surface area contributed by atoms with Crippen LogP contribution in [0.3, 0.4) is 0 Å². The molecule has 0 aromatic heterocycles. The summed E-state index contributed by atoms with van der Waals surface area (Å²) in [6.45, 7) is 6.22. The fraction of sp³-hybridized carbons (Fsp3) is 1.00. The summed E-state index contributed by atoms with van der Waals surface area (Å²) >= 11 is 0. The molecule has 0 spiro atoms. The Morgan fingerprint density at radius 3 is 2.53 bits per heavy atom. The average Bonchev–Trinajstić information content (AvgIpc) is 3.14. The summed E-state index contributed by atoms with van der Waals surface area (Å²) in [7, 11) is 0.692. The Morgan fingerprint density at radius 1 is 1.21 bits per heavy atom. The molecule has 1 aliphatic heterocycles. The molecule has 0 bridgehead atoms. The fourth-order valence-electron chi connectivity index (χ4n) is 2.95. The third-order valence-corrected chi connectivity index (χ3v) is 12.0. The standard InChI is InChI=1S/C12H25O4Si3/c1-13-19(4,16-18(2,3)15-17)8-7-10-5-6-11-12(9-10)14-11/h10-12H,5-9H2,1-4H3. The Bertz CT molecular complexity index is 315. The maximum absolute atomic E-state index is 6.21. The molecule has 4 nitrogen and oxygen atoms in total. The van der Waals surface area contributed by atoms with Gasteiger partial charge in [-0.25, -0.2) is 0 Å². The molecule has 0 amide bonds. The van der Waals surface area contributed by atoms with Crippen molar-refractivity contribution in [3.63, 3.8) is 0 Å². The van der Waals surface area contributed by atoms with Crippen molar-refractivity contribution >= 4 is 27.6 Å². The van der Waals surface area contributed by atoms with E-state index < -0.39 is 17.1 Å². The number of ether oxygens (including phenoxy) is 1. The van der Waals surface area contributed by atoms with E-state index in [9.17, 15) is 0 Å². The second kappa shape index (κ2) is 6.08. The van der Waals surface area contributed by atoms with Gasteiger partial charge in [0.2, 0.25) is 10.5 Å². The van der Waals surface area contributed by atoms with Crippen LogP contribution in [-0.2, 0) is 17.4 Å². The summed E-state index contributed by atoms with van der Waals surface area (Å²) in [5.41, 5.74) is 0. The minimum atomic E-state index is -2.11. The topological polar surface area (TPSA) is 40.2 Å². The quantitative estimate of drug-likeness (QED) is 0.534. The Morgan fingerprint density at radius 2 is 1.95 bits per heavy atom. The van der Waals surface area contributed by atoms with Crippen LogP contribution in [0.1, 0.15) is 25.7 Å². The van der Waals surface area contributed by atoms with Crippen molar-refractivity contribution in [3.8, 4) is 0 Å². The number of epoxide rings is 1. The highest BCUT2D eigenvalue weighted by Crippen LogP contribution is 2.41. The molecule has 4 unspecified atom stereocenters. The van der Waals surface area contributed by atoms with E-state index in [2.05, 4.69) is 17.0 Å². The molecule has 4 atom stereocenters. The van der Waals surface area contributed by atoms with Gasteiger partial charge in [-0.2, -0.15) is 0 Å². The van der Waals surface area contributed by atoms with Crippen molar-refractivity contribution < 1.29 is 17.4 Å². The summed E-state index contributed by atoms with van der Waals surface area (Å²) in [5.74, 6) is 0.781. The lowest BCUT2D eigenvalue weighted by Crippen LogP contribution is -2.49. The van der Waals surface area contributed by atoms with E-state index >= 15 is 0 Å². The maximum Gasteiger partial charge on any atom is 0.325 e. The van der Waals surface area contributed by atoms with E-state index in [1.807, 2.05) is 13.1 Å². The normalized spacial score (nSPS) is 33.6. The van der Waals surface area contributed by atoms with E-state index in [-0.39, 0.29) is 0 Å². The van der Waals surface area contributed by atoms with Crippen LogP contribution in [0, 0.1) is 5.92 Å². The SMILES string of the molecule is CO[Si](C)(CCC1CCC2OC2C1)O[Si](C)(C)O[Si]. The van der Waals surface area contributed by atoms with E-state index in [1.54, 1.807) is 7.11 Å². The van der Waals surface area contributed by atoms with Crippen LogP contribution in [0.25, 0.3) is 0 Å². The minimum absolute atomic E-state index is 0.562.